The summed E-state index contributed by atoms with van der Waals surface area (Å²) >= 11 is 0. The molecule has 118 valence electrons. The lowest BCUT2D eigenvalue weighted by molar-refractivity contribution is 0.0244. The van der Waals surface area contributed by atoms with E-state index in [0.717, 1.165) is 0 Å². The quantitative estimate of drug-likeness (QED) is 0.490. The molecule has 1 rings (SSSR count). The standard InChI is InChI=1S/C15H22O6/c1-2-20-15(17)13-5-3-4-6-14(13)21-12-11-19-10-9-18-8-7-16/h3-6,16H,2,7-12H2,1H3. The largest absolute Gasteiger partial charge is 0.490 e. The number of hydrogen-bond donors (Lipinski definition) is 1. The Morgan fingerprint density at radius 3 is 2.43 bits per heavy atom. The lowest BCUT2D eigenvalue weighted by atomic mass is 10.2. The fourth-order valence-corrected chi connectivity index (χ4v) is 1.57. The number of benzene rings is 1. The molecule has 0 aliphatic carbocycles. The number of para-hydroxylation sites is 1. The van der Waals surface area contributed by atoms with Crippen molar-refractivity contribution >= 4 is 5.97 Å². The molecule has 0 aliphatic heterocycles. The first-order valence-electron chi connectivity index (χ1n) is 6.95. The first-order chi connectivity index (χ1) is 10.3. The maximum atomic E-state index is 11.7. The first kappa shape index (κ1) is 17.4. The molecular weight excluding hydrogens is 276 g/mol. The van der Waals surface area contributed by atoms with Crippen LogP contribution < -0.4 is 4.74 Å². The Balaban J connectivity index is 2.27. The highest BCUT2D eigenvalue weighted by atomic mass is 16.6. The molecule has 21 heavy (non-hydrogen) atoms. The van der Waals surface area contributed by atoms with Crippen LogP contribution in [0, 0.1) is 0 Å². The zero-order valence-corrected chi connectivity index (χ0v) is 12.2. The number of aliphatic hydroxyl groups excluding tert-OH is 1. The summed E-state index contributed by atoms with van der Waals surface area (Å²) in [6.07, 6.45) is 0. The van der Waals surface area contributed by atoms with E-state index in [4.69, 9.17) is 24.1 Å². The van der Waals surface area contributed by atoms with E-state index in [2.05, 4.69) is 0 Å². The van der Waals surface area contributed by atoms with Crippen LogP contribution in [0.3, 0.4) is 0 Å². The molecule has 1 aromatic carbocycles. The molecule has 1 aromatic rings. The monoisotopic (exact) mass is 298 g/mol. The second-order valence-corrected chi connectivity index (χ2v) is 4.01. The molecule has 0 saturated heterocycles. The lowest BCUT2D eigenvalue weighted by Gasteiger charge is -2.11. The van der Waals surface area contributed by atoms with Gasteiger partial charge in [0.2, 0.25) is 0 Å². The maximum absolute atomic E-state index is 11.7. The molecule has 0 unspecified atom stereocenters. The van der Waals surface area contributed by atoms with E-state index in [-0.39, 0.29) is 6.61 Å². The number of esters is 1. The fourth-order valence-electron chi connectivity index (χ4n) is 1.57. The highest BCUT2D eigenvalue weighted by Gasteiger charge is 2.12. The normalized spacial score (nSPS) is 10.4. The third kappa shape index (κ3) is 7.08. The second kappa shape index (κ2) is 11.1. The minimum atomic E-state index is -0.397. The van der Waals surface area contributed by atoms with Gasteiger partial charge in [0.25, 0.3) is 0 Å². The van der Waals surface area contributed by atoms with Crippen LogP contribution in [0.2, 0.25) is 0 Å². The minimum absolute atomic E-state index is 0.00769. The number of aliphatic hydroxyl groups is 1. The van der Waals surface area contributed by atoms with Gasteiger partial charge in [0.15, 0.2) is 0 Å². The maximum Gasteiger partial charge on any atom is 0.341 e. The van der Waals surface area contributed by atoms with Crippen molar-refractivity contribution in [1.82, 2.24) is 0 Å². The average molecular weight is 298 g/mol. The minimum Gasteiger partial charge on any atom is -0.490 e. The van der Waals surface area contributed by atoms with E-state index in [0.29, 0.717) is 51.0 Å². The number of carbonyl (C=O) groups excluding carboxylic acids is 1. The molecule has 0 fully saturated rings. The molecule has 6 nitrogen and oxygen atoms in total. The molecule has 6 heteroatoms. The smallest absolute Gasteiger partial charge is 0.341 e. The van der Waals surface area contributed by atoms with E-state index >= 15 is 0 Å². The fraction of sp³-hybridized carbons (Fsp3) is 0.533. The Morgan fingerprint density at radius 1 is 1.05 bits per heavy atom. The SMILES string of the molecule is CCOC(=O)c1ccccc1OCCOCCOCCO. The van der Waals surface area contributed by atoms with Crippen LogP contribution in [0.4, 0.5) is 0 Å². The summed E-state index contributed by atoms with van der Waals surface area (Å²) in [5, 5.41) is 8.52. The average Bonchev–Trinajstić information content (AvgIpc) is 2.50. The first-order valence-corrected chi connectivity index (χ1v) is 6.95. The van der Waals surface area contributed by atoms with E-state index in [9.17, 15) is 4.79 Å². The number of rotatable bonds is 11. The lowest BCUT2D eigenvalue weighted by Crippen LogP contribution is -2.13. The third-order valence-corrected chi connectivity index (χ3v) is 2.48. The highest BCUT2D eigenvalue weighted by molar-refractivity contribution is 5.92. The van der Waals surface area contributed by atoms with E-state index in [1.54, 1.807) is 31.2 Å². The van der Waals surface area contributed by atoms with Crippen molar-refractivity contribution in [2.75, 3.05) is 46.2 Å². The van der Waals surface area contributed by atoms with Gasteiger partial charge in [0.1, 0.15) is 17.9 Å². The second-order valence-electron chi connectivity index (χ2n) is 4.01. The summed E-state index contributed by atoms with van der Waals surface area (Å²) in [6.45, 7) is 3.98. The molecule has 0 spiro atoms. The zero-order chi connectivity index (χ0) is 15.3. The summed E-state index contributed by atoms with van der Waals surface area (Å²) in [6, 6.07) is 6.93. The molecular formula is C15H22O6. The molecule has 0 radical (unpaired) electrons. The van der Waals surface area contributed by atoms with E-state index in [1.807, 2.05) is 0 Å². The van der Waals surface area contributed by atoms with Gasteiger partial charge in [0, 0.05) is 0 Å². The van der Waals surface area contributed by atoms with E-state index in [1.165, 1.54) is 0 Å². The molecule has 0 aliphatic rings. The Morgan fingerprint density at radius 2 is 1.71 bits per heavy atom. The van der Waals surface area contributed by atoms with Crippen molar-refractivity contribution in [2.24, 2.45) is 0 Å². The van der Waals surface area contributed by atoms with Crippen molar-refractivity contribution in [2.45, 2.75) is 6.92 Å². The van der Waals surface area contributed by atoms with Crippen LogP contribution >= 0.6 is 0 Å². The van der Waals surface area contributed by atoms with E-state index < -0.39 is 5.97 Å². The Bertz CT molecular complexity index is 407. The Kier molecular flexibility index (Phi) is 9.19. The van der Waals surface area contributed by atoms with Crippen molar-refractivity contribution in [3.8, 4) is 5.75 Å². The summed E-state index contributed by atoms with van der Waals surface area (Å²) in [5.74, 6) is 0.0857. The van der Waals surface area contributed by atoms with Gasteiger partial charge in [-0.25, -0.2) is 4.79 Å². The number of carbonyl (C=O) groups is 1. The highest BCUT2D eigenvalue weighted by Crippen LogP contribution is 2.18. The summed E-state index contributed by atoms with van der Waals surface area (Å²) in [7, 11) is 0. The van der Waals surface area contributed by atoms with Gasteiger partial charge in [-0.15, -0.1) is 0 Å². The molecule has 0 bridgehead atoms. The molecule has 0 amide bonds. The van der Waals surface area contributed by atoms with Crippen LogP contribution in [-0.2, 0) is 14.2 Å². The van der Waals surface area contributed by atoms with Gasteiger partial charge in [0.05, 0.1) is 39.6 Å². The molecule has 0 aromatic heterocycles. The summed E-state index contributed by atoms with van der Waals surface area (Å²) in [4.78, 5) is 11.7. The van der Waals surface area contributed by atoms with Crippen LogP contribution in [0.15, 0.2) is 24.3 Å². The Hall–Kier alpha value is -1.63. The predicted molar refractivity (Wildman–Crippen MR) is 76.6 cm³/mol. The van der Waals surface area contributed by atoms with Gasteiger partial charge < -0.3 is 24.1 Å². The zero-order valence-electron chi connectivity index (χ0n) is 12.2. The van der Waals surface area contributed by atoms with Gasteiger partial charge >= 0.3 is 5.97 Å². The molecule has 0 saturated carbocycles. The predicted octanol–water partition coefficient (Wildman–Crippen LogP) is 1.27. The van der Waals surface area contributed by atoms with Gasteiger partial charge in [-0.05, 0) is 19.1 Å². The van der Waals surface area contributed by atoms with Crippen LogP contribution in [0.5, 0.6) is 5.75 Å². The van der Waals surface area contributed by atoms with Crippen molar-refractivity contribution in [3.63, 3.8) is 0 Å². The molecule has 1 N–H and O–H groups in total. The summed E-state index contributed by atoms with van der Waals surface area (Å²) in [5.41, 5.74) is 0.408. The van der Waals surface area contributed by atoms with Crippen LogP contribution in [-0.4, -0.2) is 57.3 Å². The van der Waals surface area contributed by atoms with Crippen molar-refractivity contribution in [1.29, 1.82) is 0 Å². The van der Waals surface area contributed by atoms with Gasteiger partial charge in [-0.2, -0.15) is 0 Å². The van der Waals surface area contributed by atoms with Crippen LogP contribution in [0.25, 0.3) is 0 Å². The van der Waals surface area contributed by atoms with Crippen molar-refractivity contribution in [3.05, 3.63) is 29.8 Å². The number of hydrogen-bond acceptors (Lipinski definition) is 6. The van der Waals surface area contributed by atoms with Gasteiger partial charge in [-0.3, -0.25) is 0 Å². The summed E-state index contributed by atoms with van der Waals surface area (Å²) < 4.78 is 20.8. The third-order valence-electron chi connectivity index (χ3n) is 2.48. The topological polar surface area (TPSA) is 74.2 Å². The Labute approximate surface area is 124 Å². The number of ether oxygens (including phenoxy) is 4. The van der Waals surface area contributed by atoms with Crippen molar-refractivity contribution < 1.29 is 28.8 Å². The van der Waals surface area contributed by atoms with Gasteiger partial charge in [-0.1, -0.05) is 12.1 Å². The molecule has 0 heterocycles. The molecule has 0 atom stereocenters. The van der Waals surface area contributed by atoms with Crippen LogP contribution in [0.1, 0.15) is 17.3 Å².